The van der Waals surface area contributed by atoms with Crippen LogP contribution in [0.2, 0.25) is 0 Å². The molecule has 43 heavy (non-hydrogen) atoms. The lowest BCUT2D eigenvalue weighted by atomic mass is 10.00. The van der Waals surface area contributed by atoms with Crippen molar-refractivity contribution in [3.8, 4) is 18.2 Å². The van der Waals surface area contributed by atoms with Crippen molar-refractivity contribution < 1.29 is 52.7 Å². The van der Waals surface area contributed by atoms with Gasteiger partial charge < -0.3 is 0 Å². The summed E-state index contributed by atoms with van der Waals surface area (Å²) in [6.45, 7) is 0.575. The van der Waals surface area contributed by atoms with Gasteiger partial charge in [0, 0.05) is 22.3 Å². The lowest BCUT2D eigenvalue weighted by Crippen LogP contribution is -2.06. The quantitative estimate of drug-likeness (QED) is 0.142. The summed E-state index contributed by atoms with van der Waals surface area (Å²) in [7, 11) is 0. The van der Waals surface area contributed by atoms with E-state index in [4.69, 9.17) is 0 Å². The Labute approximate surface area is 230 Å². The first-order valence-corrected chi connectivity index (χ1v) is 10.8. The molecule has 1 aromatic carbocycles. The molecule has 0 amide bonds. The Hall–Kier alpha value is -5.63. The van der Waals surface area contributed by atoms with Gasteiger partial charge in [-0.1, -0.05) is 0 Å². The lowest BCUT2D eigenvalue weighted by Gasteiger charge is -2.08. The summed E-state index contributed by atoms with van der Waals surface area (Å²) < 4.78 is 172. The highest BCUT2D eigenvalue weighted by Gasteiger charge is 2.45. The van der Waals surface area contributed by atoms with Gasteiger partial charge >= 0.3 is 0 Å². The minimum absolute atomic E-state index is 0.575. The molecule has 0 atom stereocenters. The number of benzene rings is 1. The second kappa shape index (κ2) is 10.6. The first-order valence-electron chi connectivity index (χ1n) is 10.8. The molecule has 2 heterocycles. The Morgan fingerprint density at radius 1 is 0.419 bits per heavy atom. The highest BCUT2D eigenvalue weighted by molar-refractivity contribution is 6.12. The fourth-order valence-corrected chi connectivity index (χ4v) is 4.02. The van der Waals surface area contributed by atoms with Crippen LogP contribution in [0.25, 0.3) is 16.7 Å². The van der Waals surface area contributed by atoms with E-state index in [2.05, 4.69) is 9.97 Å². The van der Waals surface area contributed by atoms with E-state index < -0.39 is 126 Å². The van der Waals surface area contributed by atoms with Gasteiger partial charge in [0.1, 0.15) is 18.2 Å². The predicted molar refractivity (Wildman–Crippen MR) is 117 cm³/mol. The molecule has 216 valence electrons. The zero-order valence-corrected chi connectivity index (χ0v) is 20.3. The van der Waals surface area contributed by atoms with Crippen LogP contribution >= 0.6 is 0 Å². The first kappa shape index (κ1) is 30.3. The van der Waals surface area contributed by atoms with Crippen LogP contribution < -0.4 is 0 Å². The summed E-state index contributed by atoms with van der Waals surface area (Å²) >= 11 is 0. The number of rotatable bonds is 3. The topological polar surface area (TPSA) is 97.1 Å². The summed E-state index contributed by atoms with van der Waals surface area (Å²) in [5.41, 5.74) is -15.7. The summed E-state index contributed by atoms with van der Waals surface area (Å²) in [5.74, 6) is -27.8. The summed E-state index contributed by atoms with van der Waals surface area (Å²) in [6.07, 6.45) is 0. The Kier molecular flexibility index (Phi) is 7.51. The van der Waals surface area contributed by atoms with Gasteiger partial charge in [-0.05, 0) is 6.92 Å². The third-order valence-electron chi connectivity index (χ3n) is 6.00. The van der Waals surface area contributed by atoms with E-state index in [1.165, 1.54) is 0 Å². The van der Waals surface area contributed by atoms with Crippen molar-refractivity contribution in [1.29, 1.82) is 15.8 Å². The molecule has 5 nitrogen and oxygen atoms in total. The molecule has 1 saturated carbocycles. The van der Waals surface area contributed by atoms with E-state index in [0.717, 1.165) is 18.2 Å². The summed E-state index contributed by atoms with van der Waals surface area (Å²) in [5, 5.41) is 29.1. The van der Waals surface area contributed by atoms with Crippen LogP contribution in [0.4, 0.5) is 52.7 Å². The largest absolute Gasteiger partial charge is 0.252 e. The zero-order valence-electron chi connectivity index (χ0n) is 20.3. The molecular formula is C26H3F12N5. The fourth-order valence-electron chi connectivity index (χ4n) is 4.02. The van der Waals surface area contributed by atoms with E-state index in [0.29, 0.717) is 6.92 Å². The molecule has 3 aromatic rings. The highest BCUT2D eigenvalue weighted by atomic mass is 19.2. The van der Waals surface area contributed by atoms with Crippen LogP contribution in [0.5, 0.6) is 0 Å². The number of nitriles is 3. The molecule has 0 unspecified atom stereocenters. The molecule has 0 saturated heterocycles. The molecule has 2 aromatic heterocycles. The van der Waals surface area contributed by atoms with Crippen molar-refractivity contribution in [3.05, 3.63) is 109 Å². The monoisotopic (exact) mass is 613 g/mol. The number of nitrogens with zero attached hydrogens (tertiary/aromatic N) is 5. The third-order valence-corrected chi connectivity index (χ3v) is 6.00. The van der Waals surface area contributed by atoms with Gasteiger partial charge in [-0.15, -0.1) is 0 Å². The van der Waals surface area contributed by atoms with E-state index in [1.54, 1.807) is 0 Å². The molecule has 1 aliphatic rings. The minimum Gasteiger partial charge on any atom is -0.203 e. The average molecular weight is 613 g/mol. The maximum atomic E-state index is 14.9. The normalized spacial score (nSPS) is 15.9. The van der Waals surface area contributed by atoms with Gasteiger partial charge in [0.25, 0.3) is 23.8 Å². The molecule has 1 fully saturated rings. The van der Waals surface area contributed by atoms with E-state index >= 15 is 0 Å². The maximum Gasteiger partial charge on any atom is 0.252 e. The number of pyridine rings is 2. The maximum absolute atomic E-state index is 14.9. The summed E-state index contributed by atoms with van der Waals surface area (Å²) in [6, 6.07) is 3.08. The van der Waals surface area contributed by atoms with Gasteiger partial charge in [0.05, 0.1) is 33.4 Å². The smallest absolute Gasteiger partial charge is 0.203 e. The Bertz CT molecular complexity index is 1860. The van der Waals surface area contributed by atoms with Crippen LogP contribution in [0.1, 0.15) is 22.3 Å². The minimum atomic E-state index is -2.39. The van der Waals surface area contributed by atoms with Crippen molar-refractivity contribution >= 4 is 16.7 Å². The average Bonchev–Trinajstić information content (AvgIpc) is 3.69. The second-order valence-corrected chi connectivity index (χ2v) is 8.23. The number of hydrogen-bond acceptors (Lipinski definition) is 5. The van der Waals surface area contributed by atoms with Crippen LogP contribution in [-0.2, 0) is 0 Å². The molecule has 0 N–H and O–H groups in total. The number of hydrogen-bond donors (Lipinski definition) is 0. The SMILES string of the molecule is Cc1c(F)c(F)c(/C(C#N)=C2/C(=C(C#N)c3c(F)c(F)nc(F)c3F)/C2=C(/C#N)c2c(F)c(F)nc(F)c2F)c(F)c1F. The van der Waals surface area contributed by atoms with Gasteiger partial charge in [-0.3, -0.25) is 0 Å². The molecule has 0 radical (unpaired) electrons. The van der Waals surface area contributed by atoms with Crippen LogP contribution in [0, 0.1) is 111 Å². The van der Waals surface area contributed by atoms with Crippen molar-refractivity contribution in [1.82, 2.24) is 9.97 Å². The standard InChI is InChI=1S/C26H3F12N5/c1-5-15(27)17(29)12(18(30)16(5)28)6(2-39)9-10(7(3-40)13-19(31)23(35)42-24(36)20(13)32)11(9)8(4-41)14-21(33)25(37)43-26(38)22(14)34/h1H3/b9-6-,10-7?,11-8-. The second-order valence-electron chi connectivity index (χ2n) is 8.23. The van der Waals surface area contributed by atoms with Crippen LogP contribution in [-0.4, -0.2) is 9.97 Å². The number of halogens is 12. The van der Waals surface area contributed by atoms with E-state index in [1.807, 2.05) is 0 Å². The molecule has 0 aliphatic heterocycles. The van der Waals surface area contributed by atoms with Gasteiger partial charge in [-0.2, -0.15) is 43.3 Å². The van der Waals surface area contributed by atoms with Crippen LogP contribution in [0.15, 0.2) is 16.7 Å². The Balaban J connectivity index is 2.34. The van der Waals surface area contributed by atoms with Crippen molar-refractivity contribution in [3.63, 3.8) is 0 Å². The molecular weight excluding hydrogens is 610 g/mol. The molecule has 17 heteroatoms. The Morgan fingerprint density at radius 2 is 0.651 bits per heavy atom. The van der Waals surface area contributed by atoms with Crippen molar-refractivity contribution in [2.24, 2.45) is 0 Å². The molecule has 1 aliphatic carbocycles. The fraction of sp³-hybridized carbons (Fsp3) is 0.0385. The highest BCUT2D eigenvalue weighted by Crippen LogP contribution is 2.57. The predicted octanol–water partition coefficient (Wildman–Crippen LogP) is 6.70. The molecule has 0 bridgehead atoms. The van der Waals surface area contributed by atoms with E-state index in [9.17, 15) is 68.5 Å². The Morgan fingerprint density at radius 3 is 0.884 bits per heavy atom. The summed E-state index contributed by atoms with van der Waals surface area (Å²) in [4.78, 5) is 4.49. The zero-order chi connectivity index (χ0) is 32.2. The van der Waals surface area contributed by atoms with Crippen molar-refractivity contribution in [2.75, 3.05) is 0 Å². The van der Waals surface area contributed by atoms with Crippen molar-refractivity contribution in [2.45, 2.75) is 6.92 Å². The molecule has 4 rings (SSSR count). The third kappa shape index (κ3) is 4.44. The lowest BCUT2D eigenvalue weighted by molar-refractivity contribution is 0.404. The van der Waals surface area contributed by atoms with E-state index in [-0.39, 0.29) is 0 Å². The van der Waals surface area contributed by atoms with Gasteiger partial charge in [0.2, 0.25) is 0 Å². The van der Waals surface area contributed by atoms with Gasteiger partial charge in [0.15, 0.2) is 46.5 Å². The number of allylic oxidation sites excluding steroid dienone is 6. The van der Waals surface area contributed by atoms with Crippen LogP contribution in [0.3, 0.4) is 0 Å². The number of aromatic nitrogens is 2. The first-order chi connectivity index (χ1) is 20.2. The molecule has 0 spiro atoms. The van der Waals surface area contributed by atoms with Gasteiger partial charge in [-0.25, -0.2) is 35.1 Å².